The van der Waals surface area contributed by atoms with E-state index in [-0.39, 0.29) is 41.1 Å². The van der Waals surface area contributed by atoms with Gasteiger partial charge in [0.05, 0.1) is 44.2 Å². The first kappa shape index (κ1) is 38.6. The summed E-state index contributed by atoms with van der Waals surface area (Å²) in [5.41, 5.74) is 3.02. The first-order valence-electron chi connectivity index (χ1n) is 14.2. The second-order valence-corrected chi connectivity index (χ2v) is 11.9. The maximum Gasteiger partial charge on any atom is 0.335 e. The number of nitrogens with zero attached hydrogens (tertiary/aromatic N) is 5. The number of amides is 4. The van der Waals surface area contributed by atoms with E-state index < -0.39 is 27.0 Å². The van der Waals surface area contributed by atoms with Gasteiger partial charge >= 0.3 is 6.03 Å². The van der Waals surface area contributed by atoms with Crippen molar-refractivity contribution in [3.8, 4) is 11.8 Å². The molecule has 0 radical (unpaired) electrons. The summed E-state index contributed by atoms with van der Waals surface area (Å²) >= 11 is 5.76. The molecule has 0 aliphatic carbocycles. The highest BCUT2D eigenvalue weighted by Crippen LogP contribution is 2.28. The predicted octanol–water partition coefficient (Wildman–Crippen LogP) is 3.27. The lowest BCUT2D eigenvalue weighted by molar-refractivity contribution is -0.116. The van der Waals surface area contributed by atoms with Gasteiger partial charge in [0.2, 0.25) is 23.6 Å². The van der Waals surface area contributed by atoms with E-state index in [1.165, 1.54) is 57.6 Å². The highest BCUT2D eigenvalue weighted by molar-refractivity contribution is 7.90. The standard InChI is InChI=1S/C15H22ClNO2.C15H18N6O6S/c1-5-13-8-6-7-11(2)15(13)17(14(18)9-16)12(3)10-19-4;1-21(2)13(22)9-6-5-7-16-12(9)28(24,25)20-15(23)19-14-17-10(26-3)8-11(18-14)27-4/h6-8,12H,5,9-10H2,1-4H3;5-8H,1-4H3,(H2,17,18,19,20,23). The van der Waals surface area contributed by atoms with Crippen LogP contribution in [0.5, 0.6) is 11.8 Å². The Balaban J connectivity index is 0.000000353. The lowest BCUT2D eigenvalue weighted by Gasteiger charge is -2.31. The zero-order valence-corrected chi connectivity index (χ0v) is 29.1. The number of urea groups is 1. The molecule has 0 spiro atoms. The summed E-state index contributed by atoms with van der Waals surface area (Å²) in [5.74, 6) is -0.771. The van der Waals surface area contributed by atoms with E-state index in [4.69, 9.17) is 25.8 Å². The number of hydrogen-bond acceptors (Lipinski definition) is 11. The van der Waals surface area contributed by atoms with Gasteiger partial charge in [-0.05, 0) is 43.5 Å². The Morgan fingerprint density at radius 2 is 1.66 bits per heavy atom. The fraction of sp³-hybridized carbons (Fsp3) is 0.400. The number of pyridine rings is 1. The molecule has 0 saturated heterocycles. The molecule has 2 N–H and O–H groups in total. The number of anilines is 2. The third-order valence-corrected chi connectivity index (χ3v) is 7.90. The van der Waals surface area contributed by atoms with Crippen LogP contribution in [-0.2, 0) is 26.0 Å². The van der Waals surface area contributed by atoms with E-state index in [1.54, 1.807) is 16.7 Å². The van der Waals surface area contributed by atoms with E-state index in [1.807, 2.05) is 26.0 Å². The van der Waals surface area contributed by atoms with Gasteiger partial charge in [0.15, 0.2) is 5.03 Å². The lowest BCUT2D eigenvalue weighted by atomic mass is 10.0. The number of para-hydroxylation sites is 1. The number of benzene rings is 1. The van der Waals surface area contributed by atoms with Crippen LogP contribution < -0.4 is 24.4 Å². The second kappa shape index (κ2) is 18.0. The Morgan fingerprint density at radius 1 is 1.02 bits per heavy atom. The topological polar surface area (TPSA) is 182 Å². The molecule has 2 aromatic heterocycles. The van der Waals surface area contributed by atoms with Crippen molar-refractivity contribution in [1.82, 2.24) is 24.6 Å². The number of hydrogen-bond donors (Lipinski definition) is 2. The minimum Gasteiger partial charge on any atom is -0.481 e. The molecule has 0 aliphatic heterocycles. The number of nitrogens with one attached hydrogen (secondary N) is 2. The molecule has 1 unspecified atom stereocenters. The molecule has 15 nitrogen and oxygen atoms in total. The smallest absolute Gasteiger partial charge is 0.335 e. The number of carbonyl (C=O) groups is 3. The van der Waals surface area contributed by atoms with Crippen molar-refractivity contribution in [3.05, 3.63) is 59.3 Å². The molecule has 3 aromatic rings. The van der Waals surface area contributed by atoms with Gasteiger partial charge in [-0.1, -0.05) is 25.1 Å². The number of aromatic nitrogens is 3. The van der Waals surface area contributed by atoms with Gasteiger partial charge in [0.25, 0.3) is 15.9 Å². The van der Waals surface area contributed by atoms with Crippen molar-refractivity contribution in [2.45, 2.75) is 38.3 Å². The zero-order chi connectivity index (χ0) is 35.3. The third-order valence-electron chi connectivity index (χ3n) is 6.39. The van der Waals surface area contributed by atoms with Gasteiger partial charge < -0.3 is 24.0 Å². The fourth-order valence-corrected chi connectivity index (χ4v) is 5.46. The highest BCUT2D eigenvalue weighted by Gasteiger charge is 2.27. The molecule has 0 aliphatic rings. The van der Waals surface area contributed by atoms with Crippen LogP contribution in [0.25, 0.3) is 0 Å². The average Bonchev–Trinajstić information content (AvgIpc) is 3.04. The van der Waals surface area contributed by atoms with Crippen molar-refractivity contribution >= 4 is 51.1 Å². The minimum atomic E-state index is -4.46. The van der Waals surface area contributed by atoms with Crippen molar-refractivity contribution < 1.29 is 37.0 Å². The van der Waals surface area contributed by atoms with Gasteiger partial charge in [-0.25, -0.2) is 14.5 Å². The van der Waals surface area contributed by atoms with Crippen LogP contribution in [0.2, 0.25) is 0 Å². The summed E-state index contributed by atoms with van der Waals surface area (Å²) in [4.78, 5) is 50.9. The normalized spacial score (nSPS) is 11.3. The van der Waals surface area contributed by atoms with Crippen LogP contribution in [0.15, 0.2) is 47.6 Å². The van der Waals surface area contributed by atoms with Crippen LogP contribution in [0, 0.1) is 6.92 Å². The number of methoxy groups -OCH3 is 3. The van der Waals surface area contributed by atoms with E-state index in [0.29, 0.717) is 6.61 Å². The van der Waals surface area contributed by atoms with E-state index in [0.717, 1.165) is 23.2 Å². The van der Waals surface area contributed by atoms with Crippen LogP contribution in [0.3, 0.4) is 0 Å². The van der Waals surface area contributed by atoms with E-state index in [2.05, 4.69) is 33.3 Å². The van der Waals surface area contributed by atoms with E-state index in [9.17, 15) is 22.8 Å². The van der Waals surface area contributed by atoms with Gasteiger partial charge in [-0.3, -0.25) is 14.9 Å². The molecule has 0 saturated carbocycles. The molecule has 0 bridgehead atoms. The lowest BCUT2D eigenvalue weighted by Crippen LogP contribution is -2.43. The molecule has 47 heavy (non-hydrogen) atoms. The summed E-state index contributed by atoms with van der Waals surface area (Å²) in [5, 5.41) is 1.56. The molecule has 3 rings (SSSR count). The predicted molar refractivity (Wildman–Crippen MR) is 177 cm³/mol. The van der Waals surface area contributed by atoms with Crippen LogP contribution in [0.4, 0.5) is 16.4 Å². The number of alkyl halides is 1. The fourth-order valence-electron chi connectivity index (χ4n) is 4.30. The highest BCUT2D eigenvalue weighted by atomic mass is 35.5. The van der Waals surface area contributed by atoms with Crippen LogP contribution in [-0.4, -0.2) is 100 Å². The Hall–Kier alpha value is -4.54. The number of aryl methyl sites for hydroxylation is 2. The summed E-state index contributed by atoms with van der Waals surface area (Å²) in [6, 6.07) is 8.95. The average molecular weight is 694 g/mol. The number of halogens is 1. The van der Waals surface area contributed by atoms with Crippen LogP contribution in [0.1, 0.15) is 35.3 Å². The number of rotatable bonds is 12. The van der Waals surface area contributed by atoms with Gasteiger partial charge in [0, 0.05) is 27.4 Å². The summed E-state index contributed by atoms with van der Waals surface area (Å²) in [7, 11) is 2.79. The monoisotopic (exact) mass is 693 g/mol. The Morgan fingerprint density at radius 3 is 2.19 bits per heavy atom. The Bertz CT molecular complexity index is 1630. The van der Waals surface area contributed by atoms with Gasteiger partial charge in [-0.15, -0.1) is 11.6 Å². The van der Waals surface area contributed by atoms with Gasteiger partial charge in [0.1, 0.15) is 5.88 Å². The second-order valence-electron chi connectivity index (χ2n) is 10.0. The number of sulfonamides is 1. The maximum atomic E-state index is 12.5. The minimum absolute atomic E-state index is 0.0223. The van der Waals surface area contributed by atoms with Crippen molar-refractivity contribution in [2.24, 2.45) is 0 Å². The Kier molecular flexibility index (Phi) is 14.8. The summed E-state index contributed by atoms with van der Waals surface area (Å²) < 4.78 is 41.9. The maximum absolute atomic E-state index is 12.5. The molecule has 4 amide bonds. The van der Waals surface area contributed by atoms with E-state index >= 15 is 0 Å². The molecule has 1 atom stereocenters. The molecule has 0 fully saturated rings. The molecule has 256 valence electrons. The SMILES string of the molecule is CCc1cccc(C)c1N(C(=O)CCl)C(C)COC.COc1cc(OC)nc(NC(=O)NS(=O)(=O)c2ncccc2C(=O)N(C)C)n1. The largest absolute Gasteiger partial charge is 0.481 e. The molecular weight excluding hydrogens is 654 g/mol. The molecular formula is C30H40ClN7O8S. The molecule has 1 aromatic carbocycles. The Labute approximate surface area is 279 Å². The number of carbonyl (C=O) groups excluding carboxylic acids is 3. The molecule has 17 heteroatoms. The first-order valence-corrected chi connectivity index (χ1v) is 16.2. The van der Waals surface area contributed by atoms with Gasteiger partial charge in [-0.2, -0.15) is 18.4 Å². The third kappa shape index (κ3) is 10.5. The molecule has 2 heterocycles. The summed E-state index contributed by atoms with van der Waals surface area (Å²) in [6.07, 6.45) is 2.07. The summed E-state index contributed by atoms with van der Waals surface area (Å²) in [6.45, 7) is 6.56. The van der Waals surface area contributed by atoms with Crippen molar-refractivity contribution in [1.29, 1.82) is 0 Å². The number of ether oxygens (including phenoxy) is 3. The quantitative estimate of drug-likeness (QED) is 0.266. The van der Waals surface area contributed by atoms with Crippen LogP contribution >= 0.6 is 11.6 Å². The van der Waals surface area contributed by atoms with Crippen molar-refractivity contribution in [2.75, 3.05) is 58.1 Å². The van der Waals surface area contributed by atoms with Crippen molar-refractivity contribution in [3.63, 3.8) is 0 Å². The first-order chi connectivity index (χ1) is 22.2. The zero-order valence-electron chi connectivity index (χ0n) is 27.5.